The zero-order valence-corrected chi connectivity index (χ0v) is 9.00. The van der Waals surface area contributed by atoms with E-state index in [-0.39, 0.29) is 0 Å². The van der Waals surface area contributed by atoms with Crippen molar-refractivity contribution in [2.24, 2.45) is 0 Å². The molecule has 0 saturated heterocycles. The normalized spacial score (nSPS) is 11.2. The summed E-state index contributed by atoms with van der Waals surface area (Å²) < 4.78 is 0. The summed E-state index contributed by atoms with van der Waals surface area (Å²) in [5.41, 5.74) is 0. The molecule has 0 atom stereocenters. The van der Waals surface area contributed by atoms with E-state index in [1.54, 1.807) is 0 Å². The van der Waals surface area contributed by atoms with Gasteiger partial charge < -0.3 is 10.0 Å². The number of aliphatic hydroxyl groups excluding tert-OH is 1. The van der Waals surface area contributed by atoms with E-state index in [0.29, 0.717) is 12.6 Å². The maximum absolute atomic E-state index is 8.73. The number of aliphatic hydroxyl groups is 1. The van der Waals surface area contributed by atoms with E-state index in [4.69, 9.17) is 5.11 Å². The Balaban J connectivity index is 3.60. The summed E-state index contributed by atoms with van der Waals surface area (Å²) in [4.78, 5) is 2.40. The largest absolute Gasteiger partial charge is 0.396 e. The minimum atomic E-state index is 0.296. The van der Waals surface area contributed by atoms with Crippen molar-refractivity contribution in [2.45, 2.75) is 39.2 Å². The molecule has 0 fully saturated rings. The molecular weight excluding hydrogens is 162 g/mol. The molecule has 2 nitrogen and oxygen atoms in total. The van der Waals surface area contributed by atoms with Gasteiger partial charge in [-0.3, -0.25) is 0 Å². The van der Waals surface area contributed by atoms with E-state index in [9.17, 15) is 0 Å². The molecular formula is C11H23NO. The molecule has 2 heteroatoms. The highest BCUT2D eigenvalue weighted by molar-refractivity contribution is 4.69. The van der Waals surface area contributed by atoms with Crippen molar-refractivity contribution in [1.82, 2.24) is 4.90 Å². The number of hydrogen-bond donors (Lipinski definition) is 1. The second-order valence-electron chi connectivity index (χ2n) is 3.64. The first-order chi connectivity index (χ1) is 6.22. The molecule has 0 aliphatic rings. The van der Waals surface area contributed by atoms with Crippen LogP contribution >= 0.6 is 0 Å². The minimum Gasteiger partial charge on any atom is -0.396 e. The average molecular weight is 185 g/mol. The van der Waals surface area contributed by atoms with Gasteiger partial charge in [0.25, 0.3) is 0 Å². The highest BCUT2D eigenvalue weighted by Crippen LogP contribution is 2.02. The molecule has 0 saturated carbocycles. The Hall–Kier alpha value is -0.340. The molecule has 0 bridgehead atoms. The summed E-state index contributed by atoms with van der Waals surface area (Å²) in [5, 5.41) is 8.73. The van der Waals surface area contributed by atoms with Gasteiger partial charge in [-0.05, 0) is 39.7 Å². The molecule has 0 amide bonds. The lowest BCUT2D eigenvalue weighted by Crippen LogP contribution is -2.33. The predicted molar refractivity (Wildman–Crippen MR) is 57.8 cm³/mol. The number of nitrogens with zero attached hydrogens (tertiary/aromatic N) is 1. The first kappa shape index (κ1) is 12.7. The fourth-order valence-electron chi connectivity index (χ4n) is 1.34. The first-order valence-electron chi connectivity index (χ1n) is 5.18. The molecule has 0 aromatic carbocycles. The lowest BCUT2D eigenvalue weighted by Gasteiger charge is -2.25. The van der Waals surface area contributed by atoms with Crippen LogP contribution in [-0.4, -0.2) is 35.7 Å². The Morgan fingerprint density at radius 2 is 1.92 bits per heavy atom. The van der Waals surface area contributed by atoms with E-state index in [1.165, 1.54) is 6.42 Å². The van der Waals surface area contributed by atoms with Gasteiger partial charge in [0, 0.05) is 19.2 Å². The Morgan fingerprint density at radius 1 is 1.31 bits per heavy atom. The van der Waals surface area contributed by atoms with Gasteiger partial charge in [0.15, 0.2) is 0 Å². The van der Waals surface area contributed by atoms with Crippen molar-refractivity contribution in [3.63, 3.8) is 0 Å². The second kappa shape index (κ2) is 8.27. The highest BCUT2D eigenvalue weighted by Gasteiger charge is 2.07. The van der Waals surface area contributed by atoms with Crippen LogP contribution in [-0.2, 0) is 0 Å². The SMILES string of the molecule is C=CCCCN(CCCO)C(C)C. The standard InChI is InChI=1S/C11H23NO/c1-4-5-6-8-12(11(2)3)9-7-10-13/h4,11,13H,1,5-10H2,2-3H3. The van der Waals surface area contributed by atoms with Crippen LogP contribution in [0, 0.1) is 0 Å². The van der Waals surface area contributed by atoms with Crippen molar-refractivity contribution < 1.29 is 5.11 Å². The number of unbranched alkanes of at least 4 members (excludes halogenated alkanes) is 1. The molecule has 0 rings (SSSR count). The molecule has 0 aliphatic carbocycles. The van der Waals surface area contributed by atoms with E-state index in [1.807, 2.05) is 6.08 Å². The van der Waals surface area contributed by atoms with Crippen molar-refractivity contribution in [2.75, 3.05) is 19.7 Å². The van der Waals surface area contributed by atoms with Crippen molar-refractivity contribution >= 4 is 0 Å². The van der Waals surface area contributed by atoms with E-state index in [2.05, 4.69) is 25.3 Å². The average Bonchev–Trinajstić information content (AvgIpc) is 2.10. The molecule has 0 aromatic rings. The lowest BCUT2D eigenvalue weighted by atomic mass is 10.2. The molecule has 78 valence electrons. The van der Waals surface area contributed by atoms with Gasteiger partial charge in [-0.2, -0.15) is 0 Å². The van der Waals surface area contributed by atoms with Gasteiger partial charge in [-0.15, -0.1) is 6.58 Å². The minimum absolute atomic E-state index is 0.296. The van der Waals surface area contributed by atoms with Gasteiger partial charge in [-0.25, -0.2) is 0 Å². The quantitative estimate of drug-likeness (QED) is 0.462. The molecule has 0 aliphatic heterocycles. The Morgan fingerprint density at radius 3 is 2.38 bits per heavy atom. The third-order valence-electron chi connectivity index (χ3n) is 2.19. The summed E-state index contributed by atoms with van der Waals surface area (Å²) in [6.45, 7) is 10.5. The smallest absolute Gasteiger partial charge is 0.0443 e. The summed E-state index contributed by atoms with van der Waals surface area (Å²) in [6, 6.07) is 0.580. The van der Waals surface area contributed by atoms with Gasteiger partial charge >= 0.3 is 0 Å². The van der Waals surface area contributed by atoms with Gasteiger partial charge in [0.2, 0.25) is 0 Å². The van der Waals surface area contributed by atoms with Crippen LogP contribution < -0.4 is 0 Å². The Kier molecular flexibility index (Phi) is 8.05. The highest BCUT2D eigenvalue weighted by atomic mass is 16.3. The maximum Gasteiger partial charge on any atom is 0.0443 e. The summed E-state index contributed by atoms with van der Waals surface area (Å²) >= 11 is 0. The van der Waals surface area contributed by atoms with Crippen LogP contribution in [0.4, 0.5) is 0 Å². The summed E-state index contributed by atoms with van der Waals surface area (Å²) in [7, 11) is 0. The van der Waals surface area contributed by atoms with Crippen LogP contribution in [0.15, 0.2) is 12.7 Å². The number of rotatable bonds is 8. The van der Waals surface area contributed by atoms with Crippen molar-refractivity contribution in [3.05, 3.63) is 12.7 Å². The number of allylic oxidation sites excluding steroid dienone is 1. The van der Waals surface area contributed by atoms with Gasteiger partial charge in [0.05, 0.1) is 0 Å². The predicted octanol–water partition coefficient (Wildman–Crippen LogP) is 2.05. The summed E-state index contributed by atoms with van der Waals surface area (Å²) in [5.74, 6) is 0. The lowest BCUT2D eigenvalue weighted by molar-refractivity contribution is 0.190. The van der Waals surface area contributed by atoms with Crippen LogP contribution in [0.5, 0.6) is 0 Å². The van der Waals surface area contributed by atoms with Crippen molar-refractivity contribution in [3.8, 4) is 0 Å². The van der Waals surface area contributed by atoms with E-state index in [0.717, 1.165) is 25.9 Å². The second-order valence-corrected chi connectivity index (χ2v) is 3.64. The topological polar surface area (TPSA) is 23.5 Å². The monoisotopic (exact) mass is 185 g/mol. The molecule has 0 spiro atoms. The van der Waals surface area contributed by atoms with Crippen LogP contribution in [0.25, 0.3) is 0 Å². The third kappa shape index (κ3) is 6.79. The maximum atomic E-state index is 8.73. The molecule has 13 heavy (non-hydrogen) atoms. The van der Waals surface area contributed by atoms with E-state index < -0.39 is 0 Å². The van der Waals surface area contributed by atoms with Crippen LogP contribution in [0.3, 0.4) is 0 Å². The van der Waals surface area contributed by atoms with Gasteiger partial charge in [0.1, 0.15) is 0 Å². The third-order valence-corrected chi connectivity index (χ3v) is 2.19. The molecule has 0 heterocycles. The zero-order chi connectivity index (χ0) is 10.1. The molecule has 0 unspecified atom stereocenters. The molecule has 0 radical (unpaired) electrons. The van der Waals surface area contributed by atoms with Crippen molar-refractivity contribution in [1.29, 1.82) is 0 Å². The van der Waals surface area contributed by atoms with E-state index >= 15 is 0 Å². The number of hydrogen-bond acceptors (Lipinski definition) is 2. The Bertz CT molecular complexity index is 123. The summed E-state index contributed by atoms with van der Waals surface area (Å²) in [6.07, 6.45) is 5.10. The van der Waals surface area contributed by atoms with Gasteiger partial charge in [-0.1, -0.05) is 6.08 Å². The molecule has 0 aromatic heterocycles. The van der Waals surface area contributed by atoms with Crippen LogP contribution in [0.1, 0.15) is 33.1 Å². The van der Waals surface area contributed by atoms with Crippen LogP contribution in [0.2, 0.25) is 0 Å². The zero-order valence-electron chi connectivity index (χ0n) is 9.00. The fraction of sp³-hybridized carbons (Fsp3) is 0.818. The fourth-order valence-corrected chi connectivity index (χ4v) is 1.34. The first-order valence-corrected chi connectivity index (χ1v) is 5.18. The Labute approximate surface area is 82.3 Å². The molecule has 1 N–H and O–H groups in total.